The minimum Gasteiger partial charge on any atom is -0.542 e. The summed E-state index contributed by atoms with van der Waals surface area (Å²) in [5, 5.41) is 10.8. The average Bonchev–Trinajstić information content (AvgIpc) is 3.51. The largest absolute Gasteiger partial charge is 0.573 e. The van der Waals surface area contributed by atoms with Gasteiger partial charge in [-0.1, -0.05) is 12.1 Å². The molecule has 14 heteroatoms. The third-order valence-electron chi connectivity index (χ3n) is 7.87. The number of hydrogen-bond acceptors (Lipinski definition) is 11. The van der Waals surface area contributed by atoms with Gasteiger partial charge in [-0.2, -0.15) is 4.98 Å². The Kier molecular flexibility index (Phi) is 8.99. The lowest BCUT2D eigenvalue weighted by Crippen LogP contribution is -2.48. The number of aryl methyl sites for hydroxylation is 1. The zero-order valence-electron chi connectivity index (χ0n) is 24.7. The molecule has 1 aliphatic heterocycles. The fourth-order valence-electron chi connectivity index (χ4n) is 5.63. The number of aromatic nitrogens is 2. The second-order valence-electron chi connectivity index (χ2n) is 11.0. The number of alkyl halides is 3. The molecular formula is C32H31F3N5O6-. The zero-order valence-corrected chi connectivity index (χ0v) is 24.7. The van der Waals surface area contributed by atoms with E-state index in [4.69, 9.17) is 19.6 Å². The minimum absolute atomic E-state index is 0.187. The number of carbonyl (C=O) groups is 1. The lowest BCUT2D eigenvalue weighted by atomic mass is 9.88. The van der Waals surface area contributed by atoms with E-state index in [2.05, 4.69) is 24.5 Å². The highest BCUT2D eigenvalue weighted by molar-refractivity contribution is 5.82. The molecule has 0 bridgehead atoms. The van der Waals surface area contributed by atoms with Crippen molar-refractivity contribution < 1.29 is 41.7 Å². The monoisotopic (exact) mass is 638 g/mol. The number of carboxylic acids is 1. The third kappa shape index (κ3) is 7.51. The smallest absolute Gasteiger partial charge is 0.542 e. The average molecular weight is 639 g/mol. The maximum absolute atomic E-state index is 12.4. The van der Waals surface area contributed by atoms with E-state index in [-0.39, 0.29) is 30.7 Å². The number of anilines is 2. The third-order valence-corrected chi connectivity index (χ3v) is 7.87. The van der Waals surface area contributed by atoms with Crippen molar-refractivity contribution in [3.8, 4) is 22.8 Å². The molecule has 46 heavy (non-hydrogen) atoms. The lowest BCUT2D eigenvalue weighted by molar-refractivity contribution is -0.274. The first-order valence-corrected chi connectivity index (χ1v) is 14.7. The molecule has 3 heterocycles. The fraction of sp³-hybridized carbons (Fsp3) is 0.344. The Labute approximate surface area is 262 Å². The van der Waals surface area contributed by atoms with Crippen molar-refractivity contribution in [2.24, 2.45) is 0 Å². The molecule has 1 saturated heterocycles. The number of carboxylic acid groups (broad SMARTS) is 1. The van der Waals surface area contributed by atoms with Crippen LogP contribution in [0, 0.1) is 0 Å². The van der Waals surface area contributed by atoms with Crippen LogP contribution in [0.1, 0.15) is 33.0 Å². The number of nitrogens with zero attached hydrogens (tertiary/aromatic N) is 4. The van der Waals surface area contributed by atoms with Crippen molar-refractivity contribution in [3.63, 3.8) is 0 Å². The van der Waals surface area contributed by atoms with Gasteiger partial charge in [0.15, 0.2) is 0 Å². The summed E-state index contributed by atoms with van der Waals surface area (Å²) >= 11 is 0. The molecule has 2 aliphatic rings. The van der Waals surface area contributed by atoms with Gasteiger partial charge in [-0.15, -0.1) is 13.2 Å². The number of aromatic carboxylic acids is 1. The number of piperazine rings is 1. The molecule has 6 rings (SSSR count). The van der Waals surface area contributed by atoms with E-state index >= 15 is 0 Å². The Morgan fingerprint density at radius 2 is 1.72 bits per heavy atom. The molecule has 0 spiro atoms. The molecule has 0 unspecified atom stereocenters. The molecule has 11 nitrogen and oxygen atoms in total. The summed E-state index contributed by atoms with van der Waals surface area (Å²) in [4.78, 5) is 24.6. The molecule has 242 valence electrons. The molecule has 4 aromatic rings. The van der Waals surface area contributed by atoms with Gasteiger partial charge in [-0.05, 0) is 66.4 Å². The number of nitrogen functional groups attached to an aromatic ring is 1. The van der Waals surface area contributed by atoms with E-state index in [0.717, 1.165) is 73.8 Å². The van der Waals surface area contributed by atoms with Gasteiger partial charge >= 0.3 is 6.36 Å². The van der Waals surface area contributed by atoms with Crippen LogP contribution in [-0.4, -0.2) is 66.5 Å². The summed E-state index contributed by atoms with van der Waals surface area (Å²) < 4.78 is 57.9. The molecule has 1 fully saturated rings. The molecule has 2 N–H and O–H groups in total. The number of rotatable bonds is 11. The number of halogens is 3. The topological polar surface area (TPSA) is 139 Å². The zero-order chi connectivity index (χ0) is 32.3. The first-order chi connectivity index (χ1) is 22.1. The molecule has 2 aromatic heterocycles. The summed E-state index contributed by atoms with van der Waals surface area (Å²) in [6.45, 7) is 4.73. The first-order valence-electron chi connectivity index (χ1n) is 14.7. The van der Waals surface area contributed by atoms with Crippen LogP contribution >= 0.6 is 0 Å². The molecule has 0 atom stereocenters. The van der Waals surface area contributed by atoms with Crippen LogP contribution in [0.2, 0.25) is 0 Å². The van der Waals surface area contributed by atoms with Crippen LogP contribution in [0.3, 0.4) is 0 Å². The molecule has 2 aromatic carbocycles. The highest BCUT2D eigenvalue weighted by Crippen LogP contribution is 2.38. The van der Waals surface area contributed by atoms with Gasteiger partial charge in [-0.3, -0.25) is 4.90 Å². The molecule has 0 radical (unpaired) electrons. The van der Waals surface area contributed by atoms with Gasteiger partial charge in [0.2, 0.25) is 5.95 Å². The van der Waals surface area contributed by atoms with Crippen molar-refractivity contribution in [2.45, 2.75) is 32.4 Å². The summed E-state index contributed by atoms with van der Waals surface area (Å²) in [5.41, 5.74) is 10.8. The lowest BCUT2D eigenvalue weighted by Gasteiger charge is -2.37. The van der Waals surface area contributed by atoms with E-state index in [1.165, 1.54) is 30.3 Å². The Morgan fingerprint density at radius 3 is 2.43 bits per heavy atom. The first kappa shape index (κ1) is 31.2. The molecule has 0 amide bonds. The maximum Gasteiger partial charge on any atom is 0.573 e. The van der Waals surface area contributed by atoms with Gasteiger partial charge < -0.3 is 39.2 Å². The van der Waals surface area contributed by atoms with Crippen molar-refractivity contribution in [2.75, 3.05) is 50.0 Å². The van der Waals surface area contributed by atoms with E-state index in [1.807, 2.05) is 18.2 Å². The highest BCUT2D eigenvalue weighted by Gasteiger charge is 2.31. The number of furan rings is 1. The van der Waals surface area contributed by atoms with Gasteiger partial charge in [0, 0.05) is 43.9 Å². The van der Waals surface area contributed by atoms with E-state index < -0.39 is 12.3 Å². The Morgan fingerprint density at radius 1 is 0.957 bits per heavy atom. The quantitative estimate of drug-likeness (QED) is 0.241. The summed E-state index contributed by atoms with van der Waals surface area (Å²) in [6, 6.07) is 14.3. The summed E-state index contributed by atoms with van der Waals surface area (Å²) in [6.07, 6.45) is -3.23. The predicted molar refractivity (Wildman–Crippen MR) is 158 cm³/mol. The van der Waals surface area contributed by atoms with Crippen molar-refractivity contribution in [1.82, 2.24) is 14.9 Å². The Bertz CT molecular complexity index is 1690. The number of ether oxygens (including phenoxy) is 3. The summed E-state index contributed by atoms with van der Waals surface area (Å²) in [7, 11) is 0. The van der Waals surface area contributed by atoms with Crippen molar-refractivity contribution >= 4 is 17.7 Å². The van der Waals surface area contributed by atoms with Crippen LogP contribution < -0.4 is 25.2 Å². The SMILES string of the molecule is Nc1nc2c(c(N3CCN(CCOCc4ccc(C(=O)[O-])o4)CC3)n1)CCc1cc(OCc3ccc(OC(F)(F)F)cc3)ccc1-2. The maximum atomic E-state index is 12.4. The van der Waals surface area contributed by atoms with Crippen LogP contribution in [0.15, 0.2) is 59.0 Å². The Balaban J connectivity index is 1.04. The van der Waals surface area contributed by atoms with E-state index in [9.17, 15) is 23.1 Å². The van der Waals surface area contributed by atoms with Crippen molar-refractivity contribution in [3.05, 3.63) is 82.8 Å². The number of hydrogen-bond donors (Lipinski definition) is 1. The van der Waals surface area contributed by atoms with Gasteiger partial charge in [0.25, 0.3) is 0 Å². The second-order valence-corrected chi connectivity index (χ2v) is 11.0. The van der Waals surface area contributed by atoms with Crippen molar-refractivity contribution in [1.29, 1.82) is 0 Å². The number of fused-ring (bicyclic) bond motifs is 3. The van der Waals surface area contributed by atoms with Crippen LogP contribution in [0.5, 0.6) is 11.5 Å². The minimum atomic E-state index is -4.73. The van der Waals surface area contributed by atoms with Gasteiger partial charge in [0.05, 0.1) is 12.3 Å². The summed E-state index contributed by atoms with van der Waals surface area (Å²) in [5.74, 6) is 0.286. The Hall–Kier alpha value is -4.82. The number of carbonyl (C=O) groups excluding carboxylic acids is 1. The van der Waals surface area contributed by atoms with Gasteiger partial charge in [-0.25, -0.2) is 4.98 Å². The fourth-order valence-corrected chi connectivity index (χ4v) is 5.63. The number of benzene rings is 2. The molecular weight excluding hydrogens is 607 g/mol. The van der Waals surface area contributed by atoms with Crippen LogP contribution in [0.25, 0.3) is 11.3 Å². The van der Waals surface area contributed by atoms with Gasteiger partial charge in [0.1, 0.15) is 48.0 Å². The van der Waals surface area contributed by atoms with Crippen LogP contribution in [-0.2, 0) is 30.8 Å². The predicted octanol–water partition coefficient (Wildman–Crippen LogP) is 3.60. The second kappa shape index (κ2) is 13.3. The van der Waals surface area contributed by atoms with Crippen LogP contribution in [0.4, 0.5) is 24.9 Å². The van der Waals surface area contributed by atoms with E-state index in [1.54, 1.807) is 6.07 Å². The normalized spacial score (nSPS) is 14.9. The highest BCUT2D eigenvalue weighted by atomic mass is 19.4. The molecule has 0 saturated carbocycles. The van der Waals surface area contributed by atoms with E-state index in [0.29, 0.717) is 23.7 Å². The number of nitrogens with two attached hydrogens (primary N) is 1. The molecule has 1 aliphatic carbocycles. The standard InChI is InChI=1S/C32H32F3N5O6/c33-32(34,35)46-22-4-1-20(2-5-22)18-44-23-6-9-25-21(17-23)3-8-26-28(25)37-31(36)38-29(26)40-13-11-39(12-14-40)15-16-43-19-24-7-10-27(45-24)30(41)42/h1-2,4-7,9-10,17H,3,8,11-16,18-19H2,(H,41,42)(H2,36,37,38)/p-1.